The molecule has 0 spiro atoms. The van der Waals surface area contributed by atoms with Crippen LogP contribution in [0.5, 0.6) is 0 Å². The smallest absolute Gasteiger partial charge is 0.263 e. The number of allylic oxidation sites excluding steroid dienone is 1. The van der Waals surface area contributed by atoms with Crippen molar-refractivity contribution in [3.63, 3.8) is 0 Å². The van der Waals surface area contributed by atoms with Gasteiger partial charge in [0, 0.05) is 48.3 Å². The van der Waals surface area contributed by atoms with Crippen molar-refractivity contribution in [2.24, 2.45) is 0 Å². The number of carbonyl (C=O) groups excluding carboxylic acids is 1. The third-order valence-electron chi connectivity index (χ3n) is 7.30. The summed E-state index contributed by atoms with van der Waals surface area (Å²) in [5.41, 5.74) is 4.51. The molecule has 0 bridgehead atoms. The van der Waals surface area contributed by atoms with Crippen LogP contribution in [0.3, 0.4) is 0 Å². The van der Waals surface area contributed by atoms with Gasteiger partial charge in [-0.3, -0.25) is 9.36 Å². The minimum atomic E-state index is -0.635. The van der Waals surface area contributed by atoms with Gasteiger partial charge in [-0.1, -0.05) is 31.9 Å². The van der Waals surface area contributed by atoms with Crippen LogP contribution in [-0.2, 0) is 0 Å². The largest absolute Gasteiger partial charge is 0.370 e. The monoisotopic (exact) mass is 555 g/mol. The highest BCUT2D eigenvalue weighted by atomic mass is 32.1. The molecule has 0 unspecified atom stereocenters. The Balaban J connectivity index is 1.39. The van der Waals surface area contributed by atoms with Gasteiger partial charge in [0.25, 0.3) is 5.91 Å². The lowest BCUT2D eigenvalue weighted by Crippen LogP contribution is -2.46. The lowest BCUT2D eigenvalue weighted by molar-refractivity contribution is 0.0920. The Morgan fingerprint density at radius 2 is 2.05 bits per heavy atom. The summed E-state index contributed by atoms with van der Waals surface area (Å²) in [6.07, 6.45) is 5.28. The van der Waals surface area contributed by atoms with Crippen molar-refractivity contribution < 1.29 is 13.6 Å². The molecule has 5 aromatic rings. The first-order valence-corrected chi connectivity index (χ1v) is 13.8. The summed E-state index contributed by atoms with van der Waals surface area (Å²) < 4.78 is 30.0. The van der Waals surface area contributed by atoms with Crippen LogP contribution in [0.25, 0.3) is 44.6 Å². The summed E-state index contributed by atoms with van der Waals surface area (Å²) in [7, 11) is 0. The highest BCUT2D eigenvalue weighted by Crippen LogP contribution is 2.34. The molecule has 6 rings (SSSR count). The maximum atomic E-state index is 14.6. The molecule has 1 saturated heterocycles. The quantitative estimate of drug-likeness (QED) is 0.249. The standard InChI is InChI=1S/C31H27F2N5OS/c1-4-18(2)37-14-6-8-22(17-37)36-30(39)29-28-27-26(12-13-34-31(27)40-29)38(19(3)35-28)23-9-5-7-20(15-23)24-11-10-21(32)16-25(24)33/h4-5,7,9-13,15-16,22,35H,1-3,6,8,14,17H2,(H,36,39)/t22-/m1/s1. The number of carbonyl (C=O) groups is 1. The predicted molar refractivity (Wildman–Crippen MR) is 157 cm³/mol. The predicted octanol–water partition coefficient (Wildman–Crippen LogP) is 6.10. The van der Waals surface area contributed by atoms with Crippen LogP contribution in [-0.4, -0.2) is 44.5 Å². The van der Waals surface area contributed by atoms with Crippen molar-refractivity contribution in [3.8, 4) is 16.8 Å². The molecule has 1 aliphatic rings. The third kappa shape index (κ3) is 4.52. The fourth-order valence-electron chi connectivity index (χ4n) is 5.38. The van der Waals surface area contributed by atoms with E-state index >= 15 is 0 Å². The Morgan fingerprint density at radius 1 is 1.20 bits per heavy atom. The molecule has 3 aromatic heterocycles. The van der Waals surface area contributed by atoms with Crippen LogP contribution >= 0.6 is 11.3 Å². The maximum Gasteiger partial charge on any atom is 0.263 e. The summed E-state index contributed by atoms with van der Waals surface area (Å²) >= 11 is 1.33. The van der Waals surface area contributed by atoms with E-state index in [9.17, 15) is 13.6 Å². The highest BCUT2D eigenvalue weighted by Gasteiger charge is 2.25. The van der Waals surface area contributed by atoms with Crippen molar-refractivity contribution >= 4 is 45.1 Å². The number of thiophene rings is 1. The number of nitrogens with zero attached hydrogens (tertiary/aromatic N) is 3. The van der Waals surface area contributed by atoms with E-state index in [0.29, 0.717) is 38.4 Å². The van der Waals surface area contributed by atoms with E-state index in [0.717, 1.165) is 47.7 Å². The fourth-order valence-corrected chi connectivity index (χ4v) is 6.41. The van der Waals surface area contributed by atoms with Gasteiger partial charge in [-0.2, -0.15) is 0 Å². The molecule has 0 radical (unpaired) electrons. The average molecular weight is 556 g/mol. The Bertz CT molecular complexity index is 1870. The number of halogens is 2. The van der Waals surface area contributed by atoms with Crippen molar-refractivity contribution in [3.05, 3.63) is 102 Å². The molecule has 1 aliphatic heterocycles. The number of H-pyrrole nitrogens is 1. The normalized spacial score (nSPS) is 15.4. The number of likely N-dealkylation sites (tertiary alicyclic amines) is 1. The number of nitrogens with one attached hydrogen (secondary N) is 2. The minimum Gasteiger partial charge on any atom is -0.370 e. The van der Waals surface area contributed by atoms with E-state index in [1.54, 1.807) is 18.3 Å². The molecule has 0 saturated carbocycles. The molecule has 1 fully saturated rings. The number of pyridine rings is 1. The van der Waals surface area contributed by atoms with Gasteiger partial charge in [-0.25, -0.2) is 13.8 Å². The molecular weight excluding hydrogens is 528 g/mol. The van der Waals surface area contributed by atoms with Crippen LogP contribution in [0.2, 0.25) is 0 Å². The Labute approximate surface area is 233 Å². The van der Waals surface area contributed by atoms with Crippen LogP contribution in [0.4, 0.5) is 8.78 Å². The second-order valence-electron chi connectivity index (χ2n) is 9.85. The molecule has 2 N–H and O–H groups in total. The molecule has 6 nitrogen and oxygen atoms in total. The van der Waals surface area contributed by atoms with Gasteiger partial charge < -0.3 is 15.2 Å². The van der Waals surface area contributed by atoms with Gasteiger partial charge in [0.15, 0.2) is 0 Å². The van der Waals surface area contributed by atoms with Crippen molar-refractivity contribution in [1.29, 1.82) is 0 Å². The van der Waals surface area contributed by atoms with Crippen LogP contribution in [0.1, 0.15) is 22.5 Å². The topological polar surface area (TPSA) is 66.0 Å². The molecule has 0 aliphatic carbocycles. The highest BCUT2D eigenvalue weighted by molar-refractivity contribution is 7.21. The minimum absolute atomic E-state index is 0.0133. The number of hydrogen-bond donors (Lipinski definition) is 2. The van der Waals surface area contributed by atoms with Gasteiger partial charge in [0.2, 0.25) is 0 Å². The van der Waals surface area contributed by atoms with E-state index in [1.807, 2.05) is 28.8 Å². The number of aromatic nitrogens is 3. The van der Waals surface area contributed by atoms with Gasteiger partial charge in [0.05, 0.1) is 16.4 Å². The van der Waals surface area contributed by atoms with Crippen LogP contribution < -0.4 is 10.8 Å². The second kappa shape index (κ2) is 10.2. The zero-order chi connectivity index (χ0) is 28.0. The second-order valence-corrected chi connectivity index (χ2v) is 10.9. The van der Waals surface area contributed by atoms with Crippen LogP contribution in [0.15, 0.2) is 79.7 Å². The number of piperidine rings is 1. The SMILES string of the molecule is C=CC(=C)N1CCC[C@@H](NC(=O)c2sc3nccc4c3c2[nH]c(=C)n4-c2cccc(-c3ccc(F)cc3F)c2)C1. The average Bonchev–Trinajstić information content (AvgIpc) is 3.32. The van der Waals surface area contributed by atoms with Crippen LogP contribution in [0, 0.1) is 11.6 Å². The number of benzene rings is 2. The molecule has 2 aromatic carbocycles. The number of hydrogen-bond acceptors (Lipinski definition) is 4. The number of rotatable bonds is 6. The van der Waals surface area contributed by atoms with Gasteiger partial charge in [-0.05, 0) is 54.8 Å². The summed E-state index contributed by atoms with van der Waals surface area (Å²) in [6.45, 7) is 13.7. The molecule has 9 heteroatoms. The van der Waals surface area contributed by atoms with Gasteiger partial charge >= 0.3 is 0 Å². The number of amides is 1. The summed E-state index contributed by atoms with van der Waals surface area (Å²) in [5, 5.41) is 4.01. The summed E-state index contributed by atoms with van der Waals surface area (Å²) in [4.78, 5) is 24.8. The molecule has 202 valence electrons. The summed E-state index contributed by atoms with van der Waals surface area (Å²) in [5.74, 6) is -1.43. The first kappa shape index (κ1) is 25.8. The summed E-state index contributed by atoms with van der Waals surface area (Å²) in [6, 6.07) is 12.7. The molecule has 1 atom stereocenters. The van der Waals surface area contributed by atoms with E-state index in [2.05, 4.69) is 39.9 Å². The lowest BCUT2D eigenvalue weighted by atomic mass is 10.0. The Hall–Kier alpha value is -4.50. The van der Waals surface area contributed by atoms with E-state index in [4.69, 9.17) is 0 Å². The first-order valence-electron chi connectivity index (χ1n) is 12.9. The van der Waals surface area contributed by atoms with Gasteiger partial charge in [0.1, 0.15) is 26.8 Å². The van der Waals surface area contributed by atoms with Crippen molar-refractivity contribution in [2.75, 3.05) is 13.1 Å². The van der Waals surface area contributed by atoms with Crippen molar-refractivity contribution in [1.82, 2.24) is 24.8 Å². The molecule has 4 heterocycles. The zero-order valence-corrected chi connectivity index (χ0v) is 22.5. The molecule has 1 amide bonds. The maximum absolute atomic E-state index is 14.6. The molecule has 40 heavy (non-hydrogen) atoms. The van der Waals surface area contributed by atoms with E-state index < -0.39 is 11.6 Å². The van der Waals surface area contributed by atoms with Gasteiger partial charge in [-0.15, -0.1) is 11.3 Å². The van der Waals surface area contributed by atoms with E-state index in [1.165, 1.54) is 23.5 Å². The van der Waals surface area contributed by atoms with E-state index in [-0.39, 0.29) is 11.9 Å². The zero-order valence-electron chi connectivity index (χ0n) is 21.7. The Morgan fingerprint density at radius 3 is 2.85 bits per heavy atom. The lowest BCUT2D eigenvalue weighted by Gasteiger charge is -2.34. The number of aromatic amines is 1. The Kier molecular flexibility index (Phi) is 6.59. The third-order valence-corrected chi connectivity index (χ3v) is 8.40. The fraction of sp³-hybridized carbons (Fsp3) is 0.161. The molecular formula is C31H27F2N5OS. The first-order chi connectivity index (χ1) is 19.3. The van der Waals surface area contributed by atoms with Crippen molar-refractivity contribution in [2.45, 2.75) is 18.9 Å².